The molecule has 0 spiro atoms. The second kappa shape index (κ2) is 5.26. The highest BCUT2D eigenvalue weighted by Gasteiger charge is 2.36. The maximum absolute atomic E-state index is 9.66. The van der Waals surface area contributed by atoms with Crippen LogP contribution >= 0.6 is 15.9 Å². The standard InChI is InChI=1S/C16H19BrN2/c17-14-6-5-13-10-16(11-18,8-7-12(13)9-14)19-15-3-1-2-4-15/h5-6,9,15,19H,1-4,7-8,10H2. The minimum atomic E-state index is -0.337. The molecule has 3 rings (SSSR count). The monoisotopic (exact) mass is 318 g/mol. The highest BCUT2D eigenvalue weighted by molar-refractivity contribution is 9.10. The molecule has 0 heterocycles. The molecule has 0 saturated heterocycles. The van der Waals surface area contributed by atoms with Gasteiger partial charge in [0.15, 0.2) is 0 Å². The molecular weight excluding hydrogens is 300 g/mol. The summed E-state index contributed by atoms with van der Waals surface area (Å²) < 4.78 is 1.14. The third-order valence-corrected chi connectivity index (χ3v) is 5.02. The van der Waals surface area contributed by atoms with E-state index < -0.39 is 0 Å². The Kier molecular flexibility index (Phi) is 3.64. The van der Waals surface area contributed by atoms with Gasteiger partial charge >= 0.3 is 0 Å². The van der Waals surface area contributed by atoms with E-state index in [1.165, 1.54) is 36.8 Å². The van der Waals surface area contributed by atoms with E-state index in [4.69, 9.17) is 0 Å². The molecular formula is C16H19BrN2. The Morgan fingerprint density at radius 2 is 2.05 bits per heavy atom. The Labute approximate surface area is 123 Å². The van der Waals surface area contributed by atoms with Crippen LogP contribution in [0.3, 0.4) is 0 Å². The van der Waals surface area contributed by atoms with Gasteiger partial charge in [-0.15, -0.1) is 0 Å². The van der Waals surface area contributed by atoms with Crippen LogP contribution < -0.4 is 5.32 Å². The zero-order chi connectivity index (χ0) is 13.3. The third kappa shape index (κ3) is 2.70. The molecule has 2 nitrogen and oxygen atoms in total. The van der Waals surface area contributed by atoms with E-state index in [2.05, 4.69) is 45.5 Å². The molecule has 1 aromatic carbocycles. The van der Waals surface area contributed by atoms with Gasteiger partial charge in [-0.2, -0.15) is 5.26 Å². The van der Waals surface area contributed by atoms with Gasteiger partial charge in [0, 0.05) is 16.9 Å². The molecule has 19 heavy (non-hydrogen) atoms. The topological polar surface area (TPSA) is 35.8 Å². The predicted molar refractivity (Wildman–Crippen MR) is 79.9 cm³/mol. The number of hydrogen-bond acceptors (Lipinski definition) is 2. The van der Waals surface area contributed by atoms with Crippen molar-refractivity contribution in [3.05, 3.63) is 33.8 Å². The van der Waals surface area contributed by atoms with Crippen molar-refractivity contribution in [3.63, 3.8) is 0 Å². The van der Waals surface area contributed by atoms with Crippen molar-refractivity contribution >= 4 is 15.9 Å². The number of aryl methyl sites for hydroxylation is 1. The quantitative estimate of drug-likeness (QED) is 0.901. The highest BCUT2D eigenvalue weighted by atomic mass is 79.9. The minimum Gasteiger partial charge on any atom is -0.296 e. The number of nitrogens with one attached hydrogen (secondary N) is 1. The van der Waals surface area contributed by atoms with Gasteiger partial charge in [0.05, 0.1) is 6.07 Å². The highest BCUT2D eigenvalue weighted by Crippen LogP contribution is 2.32. The van der Waals surface area contributed by atoms with Crippen molar-refractivity contribution in [2.24, 2.45) is 0 Å². The largest absolute Gasteiger partial charge is 0.296 e. The van der Waals surface area contributed by atoms with Gasteiger partial charge in [-0.1, -0.05) is 34.8 Å². The maximum atomic E-state index is 9.66. The molecule has 0 aromatic heterocycles. The Morgan fingerprint density at radius 1 is 1.26 bits per heavy atom. The molecule has 0 radical (unpaired) electrons. The van der Waals surface area contributed by atoms with E-state index in [1.54, 1.807) is 0 Å². The zero-order valence-electron chi connectivity index (χ0n) is 11.1. The van der Waals surface area contributed by atoms with E-state index in [1.807, 2.05) is 0 Å². The summed E-state index contributed by atoms with van der Waals surface area (Å²) in [6.45, 7) is 0. The van der Waals surface area contributed by atoms with Gasteiger partial charge in [-0.25, -0.2) is 0 Å². The van der Waals surface area contributed by atoms with Crippen LogP contribution in [0.15, 0.2) is 22.7 Å². The van der Waals surface area contributed by atoms with Crippen LogP contribution in [0.4, 0.5) is 0 Å². The SMILES string of the molecule is N#CC1(NC2CCCC2)CCc2cc(Br)ccc2C1. The molecule has 1 atom stereocenters. The van der Waals surface area contributed by atoms with Crippen LogP contribution in [0.1, 0.15) is 43.2 Å². The van der Waals surface area contributed by atoms with Crippen LogP contribution in [-0.4, -0.2) is 11.6 Å². The maximum Gasteiger partial charge on any atom is 0.111 e. The van der Waals surface area contributed by atoms with Crippen molar-refractivity contribution < 1.29 is 0 Å². The lowest BCUT2D eigenvalue weighted by atomic mass is 9.78. The van der Waals surface area contributed by atoms with E-state index in [0.717, 1.165) is 23.7 Å². The van der Waals surface area contributed by atoms with Crippen LogP contribution in [0, 0.1) is 11.3 Å². The van der Waals surface area contributed by atoms with Crippen LogP contribution in [0.2, 0.25) is 0 Å². The number of halogens is 1. The molecule has 1 N–H and O–H groups in total. The van der Waals surface area contributed by atoms with Gasteiger partial charge in [0.2, 0.25) is 0 Å². The second-order valence-electron chi connectivity index (χ2n) is 5.91. The summed E-state index contributed by atoms with van der Waals surface area (Å²) >= 11 is 3.53. The van der Waals surface area contributed by atoms with E-state index >= 15 is 0 Å². The molecule has 1 aromatic rings. The summed E-state index contributed by atoms with van der Waals surface area (Å²) in [7, 11) is 0. The fraction of sp³-hybridized carbons (Fsp3) is 0.562. The van der Waals surface area contributed by atoms with Crippen LogP contribution in [-0.2, 0) is 12.8 Å². The molecule has 0 bridgehead atoms. The number of hydrogen-bond donors (Lipinski definition) is 1. The molecule has 1 fully saturated rings. The molecule has 100 valence electrons. The molecule has 1 unspecified atom stereocenters. The van der Waals surface area contributed by atoms with Crippen molar-refractivity contribution in [1.82, 2.24) is 5.32 Å². The van der Waals surface area contributed by atoms with Gasteiger partial charge in [0.1, 0.15) is 5.54 Å². The molecule has 0 amide bonds. The molecule has 1 saturated carbocycles. The fourth-order valence-corrected chi connectivity index (χ4v) is 3.88. The number of rotatable bonds is 2. The first kappa shape index (κ1) is 13.1. The van der Waals surface area contributed by atoms with Crippen molar-refractivity contribution in [3.8, 4) is 6.07 Å². The zero-order valence-corrected chi connectivity index (χ0v) is 12.7. The third-order valence-electron chi connectivity index (χ3n) is 4.53. The first-order valence-corrected chi connectivity index (χ1v) is 7.96. The van der Waals surface area contributed by atoms with Gasteiger partial charge in [-0.3, -0.25) is 5.32 Å². The Morgan fingerprint density at radius 3 is 2.79 bits per heavy atom. The first-order chi connectivity index (χ1) is 9.21. The Balaban J connectivity index is 1.81. The number of nitriles is 1. The summed E-state index contributed by atoms with van der Waals surface area (Å²) in [6, 6.07) is 9.58. The summed E-state index contributed by atoms with van der Waals surface area (Å²) in [5.74, 6) is 0. The number of benzene rings is 1. The van der Waals surface area contributed by atoms with Crippen LogP contribution in [0.25, 0.3) is 0 Å². The summed E-state index contributed by atoms with van der Waals surface area (Å²) in [6.07, 6.45) is 7.87. The Bertz CT molecular complexity index is 514. The lowest BCUT2D eigenvalue weighted by Crippen LogP contribution is -2.52. The fourth-order valence-electron chi connectivity index (χ4n) is 3.47. The molecule has 3 heteroatoms. The van der Waals surface area contributed by atoms with Gasteiger partial charge in [-0.05, 0) is 48.9 Å². The summed E-state index contributed by atoms with van der Waals surface area (Å²) in [5, 5.41) is 13.3. The van der Waals surface area contributed by atoms with E-state index in [-0.39, 0.29) is 5.54 Å². The van der Waals surface area contributed by atoms with Gasteiger partial charge in [0.25, 0.3) is 0 Å². The second-order valence-corrected chi connectivity index (χ2v) is 6.83. The van der Waals surface area contributed by atoms with Crippen LogP contribution in [0.5, 0.6) is 0 Å². The smallest absolute Gasteiger partial charge is 0.111 e. The molecule has 0 aliphatic heterocycles. The van der Waals surface area contributed by atoms with E-state index in [9.17, 15) is 5.26 Å². The van der Waals surface area contributed by atoms with Gasteiger partial charge < -0.3 is 0 Å². The van der Waals surface area contributed by atoms with Crippen molar-refractivity contribution in [2.45, 2.75) is 56.5 Å². The average molecular weight is 319 g/mol. The molecule has 2 aliphatic rings. The Hall–Kier alpha value is -0.850. The lowest BCUT2D eigenvalue weighted by Gasteiger charge is -2.35. The predicted octanol–water partition coefficient (Wildman–Crippen LogP) is 3.73. The summed E-state index contributed by atoms with van der Waals surface area (Å²) in [4.78, 5) is 0. The summed E-state index contributed by atoms with van der Waals surface area (Å²) in [5.41, 5.74) is 2.39. The average Bonchev–Trinajstić information content (AvgIpc) is 2.92. The number of nitrogens with zero attached hydrogens (tertiary/aromatic N) is 1. The van der Waals surface area contributed by atoms with Crippen molar-refractivity contribution in [2.75, 3.05) is 0 Å². The first-order valence-electron chi connectivity index (χ1n) is 7.17. The lowest BCUT2D eigenvalue weighted by molar-refractivity contribution is 0.320. The van der Waals surface area contributed by atoms with Crippen molar-refractivity contribution in [1.29, 1.82) is 5.26 Å². The normalized spacial score (nSPS) is 26.9. The number of fused-ring (bicyclic) bond motifs is 1. The molecule has 2 aliphatic carbocycles. The van der Waals surface area contributed by atoms with E-state index in [0.29, 0.717) is 6.04 Å². The minimum absolute atomic E-state index is 0.337.